The van der Waals surface area contributed by atoms with Crippen LogP contribution in [0.4, 0.5) is 0 Å². The van der Waals surface area contributed by atoms with Gasteiger partial charge in [0.25, 0.3) is 0 Å². The molecule has 3 heteroatoms. The van der Waals surface area contributed by atoms with Gasteiger partial charge in [0.15, 0.2) is 0 Å². The van der Waals surface area contributed by atoms with Crippen LogP contribution >= 0.6 is 0 Å². The van der Waals surface area contributed by atoms with E-state index in [4.69, 9.17) is 0 Å². The number of nitrogens with zero attached hydrogens (tertiary/aromatic N) is 2. The fraction of sp³-hybridized carbons (Fsp3) is 0.750. The number of aromatic nitrogens is 2. The van der Waals surface area contributed by atoms with Gasteiger partial charge in [-0.15, -0.1) is 0 Å². The topological polar surface area (TPSA) is 29.9 Å². The second-order valence-electron chi connectivity index (χ2n) is 7.92. The van der Waals surface area contributed by atoms with Crippen LogP contribution in [0.25, 0.3) is 0 Å². The van der Waals surface area contributed by atoms with Crippen molar-refractivity contribution in [3.8, 4) is 0 Å². The predicted molar refractivity (Wildman–Crippen MR) is 98.4 cm³/mol. The first-order valence-electron chi connectivity index (χ1n) is 9.32. The summed E-state index contributed by atoms with van der Waals surface area (Å²) in [6, 6.07) is 0. The Morgan fingerprint density at radius 1 is 1.39 bits per heavy atom. The fourth-order valence-corrected chi connectivity index (χ4v) is 3.75. The van der Waals surface area contributed by atoms with Crippen molar-refractivity contribution in [2.24, 2.45) is 18.4 Å². The van der Waals surface area contributed by atoms with Gasteiger partial charge in [-0.3, -0.25) is 0 Å². The van der Waals surface area contributed by atoms with Crippen LogP contribution in [-0.4, -0.2) is 16.1 Å². The molecule has 23 heavy (non-hydrogen) atoms. The standard InChI is InChI=1S/C20H35N3/c1-16(19-14-21-15-23(19)5)20(3,4)17(2)22-13-9-12-18-10-7-6-8-11-18/h14-16,18,22H,2,6-13H2,1,3-5H3. The molecule has 1 aliphatic rings. The smallest absolute Gasteiger partial charge is 0.0945 e. The van der Waals surface area contributed by atoms with E-state index in [1.165, 1.54) is 50.6 Å². The highest BCUT2D eigenvalue weighted by atomic mass is 15.0. The molecule has 1 aromatic rings. The minimum absolute atomic E-state index is 0.0125. The first-order chi connectivity index (χ1) is 10.9. The zero-order chi connectivity index (χ0) is 16.9. The molecule has 1 heterocycles. The second kappa shape index (κ2) is 8.03. The molecule has 1 N–H and O–H groups in total. The lowest BCUT2D eigenvalue weighted by atomic mass is 9.76. The molecule has 1 unspecified atom stereocenters. The number of aryl methyl sites for hydroxylation is 1. The van der Waals surface area contributed by atoms with E-state index in [1.54, 1.807) is 0 Å². The van der Waals surface area contributed by atoms with Gasteiger partial charge in [-0.25, -0.2) is 4.98 Å². The molecule has 2 rings (SSSR count). The number of allylic oxidation sites excluding steroid dienone is 1. The summed E-state index contributed by atoms with van der Waals surface area (Å²) in [5, 5.41) is 3.60. The van der Waals surface area contributed by atoms with Gasteiger partial charge in [-0.1, -0.05) is 59.5 Å². The average Bonchev–Trinajstić information content (AvgIpc) is 2.97. The van der Waals surface area contributed by atoms with Crippen LogP contribution in [0.1, 0.15) is 77.3 Å². The number of hydrogen-bond donors (Lipinski definition) is 1. The Hall–Kier alpha value is -1.25. The van der Waals surface area contributed by atoms with E-state index in [1.807, 2.05) is 12.5 Å². The highest BCUT2D eigenvalue weighted by Crippen LogP contribution is 2.39. The van der Waals surface area contributed by atoms with Gasteiger partial charge in [-0.2, -0.15) is 0 Å². The number of nitrogens with one attached hydrogen (secondary N) is 1. The third kappa shape index (κ3) is 4.62. The van der Waals surface area contributed by atoms with Crippen molar-refractivity contribution in [2.75, 3.05) is 6.54 Å². The van der Waals surface area contributed by atoms with Crippen molar-refractivity contribution in [2.45, 2.75) is 71.6 Å². The van der Waals surface area contributed by atoms with Gasteiger partial charge < -0.3 is 9.88 Å². The minimum atomic E-state index is 0.0125. The highest BCUT2D eigenvalue weighted by Gasteiger charge is 2.31. The van der Waals surface area contributed by atoms with E-state index in [0.717, 1.165) is 18.2 Å². The van der Waals surface area contributed by atoms with E-state index in [0.29, 0.717) is 5.92 Å². The maximum atomic E-state index is 4.33. The summed E-state index contributed by atoms with van der Waals surface area (Å²) >= 11 is 0. The monoisotopic (exact) mass is 317 g/mol. The van der Waals surface area contributed by atoms with E-state index >= 15 is 0 Å². The molecule has 0 aliphatic heterocycles. The molecular formula is C20H35N3. The molecule has 0 amide bonds. The van der Waals surface area contributed by atoms with E-state index in [2.05, 4.69) is 49.3 Å². The summed E-state index contributed by atoms with van der Waals surface area (Å²) in [4.78, 5) is 4.26. The number of hydrogen-bond acceptors (Lipinski definition) is 2. The minimum Gasteiger partial charge on any atom is -0.388 e. The zero-order valence-electron chi connectivity index (χ0n) is 15.6. The van der Waals surface area contributed by atoms with Gasteiger partial charge in [0.2, 0.25) is 0 Å². The van der Waals surface area contributed by atoms with Gasteiger partial charge in [0, 0.05) is 42.5 Å². The SMILES string of the molecule is C=C(NCCCC1CCCCC1)C(C)(C)C(C)c1cncn1C. The predicted octanol–water partition coefficient (Wildman–Crippen LogP) is 5.01. The van der Waals surface area contributed by atoms with E-state index in [-0.39, 0.29) is 5.41 Å². The number of rotatable bonds is 8. The van der Waals surface area contributed by atoms with Gasteiger partial charge in [0.1, 0.15) is 0 Å². The maximum absolute atomic E-state index is 4.33. The summed E-state index contributed by atoms with van der Waals surface area (Å²) in [6.07, 6.45) is 13.7. The maximum Gasteiger partial charge on any atom is 0.0945 e. The van der Waals surface area contributed by atoms with Gasteiger partial charge in [-0.05, 0) is 18.8 Å². The van der Waals surface area contributed by atoms with Crippen LogP contribution in [0.15, 0.2) is 24.8 Å². The Labute approximate surface area is 142 Å². The van der Waals surface area contributed by atoms with Crippen LogP contribution in [-0.2, 0) is 7.05 Å². The summed E-state index contributed by atoms with van der Waals surface area (Å²) in [6.45, 7) is 12.2. The molecule has 0 saturated heterocycles. The molecule has 1 saturated carbocycles. The summed E-state index contributed by atoms with van der Waals surface area (Å²) in [5.41, 5.74) is 2.42. The van der Waals surface area contributed by atoms with Crippen molar-refractivity contribution in [1.82, 2.24) is 14.9 Å². The van der Waals surface area contributed by atoms with Crippen LogP contribution in [0.5, 0.6) is 0 Å². The molecule has 1 atom stereocenters. The quantitative estimate of drug-likeness (QED) is 0.683. The Morgan fingerprint density at radius 2 is 2.09 bits per heavy atom. The average molecular weight is 318 g/mol. The molecular weight excluding hydrogens is 282 g/mol. The van der Waals surface area contributed by atoms with Gasteiger partial charge >= 0.3 is 0 Å². The summed E-state index contributed by atoms with van der Waals surface area (Å²) in [7, 11) is 2.06. The van der Waals surface area contributed by atoms with E-state index < -0.39 is 0 Å². The second-order valence-corrected chi connectivity index (χ2v) is 7.92. The molecule has 1 aromatic heterocycles. The van der Waals surface area contributed by atoms with Gasteiger partial charge in [0.05, 0.1) is 6.33 Å². The largest absolute Gasteiger partial charge is 0.388 e. The highest BCUT2D eigenvalue weighted by molar-refractivity contribution is 5.18. The molecule has 1 aliphatic carbocycles. The lowest BCUT2D eigenvalue weighted by Gasteiger charge is -2.34. The zero-order valence-corrected chi connectivity index (χ0v) is 15.6. The van der Waals surface area contributed by atoms with Crippen LogP contribution in [0, 0.1) is 11.3 Å². The molecule has 3 nitrogen and oxygen atoms in total. The van der Waals surface area contributed by atoms with Crippen molar-refractivity contribution in [3.05, 3.63) is 30.5 Å². The van der Waals surface area contributed by atoms with Crippen molar-refractivity contribution in [3.63, 3.8) is 0 Å². The van der Waals surface area contributed by atoms with Crippen LogP contribution < -0.4 is 5.32 Å². The molecule has 0 bridgehead atoms. The Balaban J connectivity index is 1.78. The first kappa shape index (κ1) is 18.1. The van der Waals surface area contributed by atoms with Crippen molar-refractivity contribution in [1.29, 1.82) is 0 Å². The Kier molecular flexibility index (Phi) is 6.32. The van der Waals surface area contributed by atoms with Crippen LogP contribution in [0.3, 0.4) is 0 Å². The fourth-order valence-electron chi connectivity index (χ4n) is 3.75. The molecule has 0 spiro atoms. The molecule has 130 valence electrons. The van der Waals surface area contributed by atoms with E-state index in [9.17, 15) is 0 Å². The molecule has 0 radical (unpaired) electrons. The Morgan fingerprint density at radius 3 is 2.70 bits per heavy atom. The molecule has 1 fully saturated rings. The summed E-state index contributed by atoms with van der Waals surface area (Å²) < 4.78 is 2.11. The van der Waals surface area contributed by atoms with Crippen molar-refractivity contribution < 1.29 is 0 Å². The lowest BCUT2D eigenvalue weighted by molar-refractivity contribution is 0.318. The normalized spacial score (nSPS) is 17.9. The lowest BCUT2D eigenvalue weighted by Crippen LogP contribution is -2.32. The Bertz CT molecular complexity index is 495. The number of imidazole rings is 1. The van der Waals surface area contributed by atoms with Crippen LogP contribution in [0.2, 0.25) is 0 Å². The van der Waals surface area contributed by atoms with Crippen molar-refractivity contribution >= 4 is 0 Å². The third-order valence-electron chi connectivity index (χ3n) is 6.01. The third-order valence-corrected chi connectivity index (χ3v) is 6.01. The molecule has 0 aromatic carbocycles. The first-order valence-corrected chi connectivity index (χ1v) is 9.32. The summed E-state index contributed by atoms with van der Waals surface area (Å²) in [5.74, 6) is 1.36.